The molecule has 2 atom stereocenters. The number of hydrogen-bond donors (Lipinski definition) is 1. The molecule has 1 saturated carbocycles. The summed E-state index contributed by atoms with van der Waals surface area (Å²) in [6.07, 6.45) is 4.24. The van der Waals surface area contributed by atoms with Crippen LogP contribution in [0.1, 0.15) is 66.9 Å². The van der Waals surface area contributed by atoms with E-state index in [9.17, 15) is 22.8 Å². The van der Waals surface area contributed by atoms with Gasteiger partial charge < -0.3 is 10.2 Å². The van der Waals surface area contributed by atoms with Crippen molar-refractivity contribution >= 4 is 23.3 Å². The highest BCUT2D eigenvalue weighted by molar-refractivity contribution is 6.32. The summed E-state index contributed by atoms with van der Waals surface area (Å²) >= 11 is 6.24. The third kappa shape index (κ3) is 6.09. The predicted molar refractivity (Wildman–Crippen MR) is 134 cm³/mol. The van der Waals surface area contributed by atoms with Crippen LogP contribution < -0.4 is 5.32 Å². The molecule has 1 amide bonds. The van der Waals surface area contributed by atoms with Gasteiger partial charge in [0.1, 0.15) is 0 Å². The summed E-state index contributed by atoms with van der Waals surface area (Å²) in [7, 11) is 3.65. The van der Waals surface area contributed by atoms with Gasteiger partial charge in [-0.2, -0.15) is 0 Å². The van der Waals surface area contributed by atoms with Crippen molar-refractivity contribution in [1.29, 1.82) is 0 Å². The molecule has 3 rings (SSSR count). The summed E-state index contributed by atoms with van der Waals surface area (Å²) in [5.74, 6) is -4.99. The number of nitrogens with zero attached hydrogens (tertiary/aromatic N) is 2. The van der Waals surface area contributed by atoms with Crippen LogP contribution in [-0.4, -0.2) is 54.2 Å². The van der Waals surface area contributed by atoms with E-state index >= 15 is 0 Å². The first kappa shape index (κ1) is 28.1. The normalized spacial score (nSPS) is 16.5. The van der Waals surface area contributed by atoms with Crippen LogP contribution in [-0.2, 0) is 11.2 Å². The first-order valence-corrected chi connectivity index (χ1v) is 12.5. The maximum absolute atomic E-state index is 14.7. The van der Waals surface area contributed by atoms with Crippen LogP contribution in [0.15, 0.2) is 36.7 Å². The van der Waals surface area contributed by atoms with E-state index in [-0.39, 0.29) is 47.7 Å². The van der Waals surface area contributed by atoms with E-state index in [4.69, 9.17) is 11.6 Å². The molecule has 196 valence electrons. The van der Waals surface area contributed by atoms with E-state index in [0.717, 1.165) is 6.92 Å². The Morgan fingerprint density at radius 2 is 1.94 bits per heavy atom. The lowest BCUT2D eigenvalue weighted by molar-refractivity contribution is -0.123. The average molecular weight is 524 g/mol. The number of carbonyl (C=O) groups excluding carboxylic acids is 2. The molecule has 0 radical (unpaired) electrons. The summed E-state index contributed by atoms with van der Waals surface area (Å²) in [4.78, 5) is 30.8. The largest absolute Gasteiger partial charge is 0.355 e. The summed E-state index contributed by atoms with van der Waals surface area (Å²) in [6.45, 7) is 2.79. The van der Waals surface area contributed by atoms with Gasteiger partial charge in [0.15, 0.2) is 11.6 Å². The molecular formula is C27H33ClF3N3O2. The van der Waals surface area contributed by atoms with Crippen molar-refractivity contribution in [3.63, 3.8) is 0 Å². The summed E-state index contributed by atoms with van der Waals surface area (Å²) in [5, 5.41) is 2.77. The minimum Gasteiger partial charge on any atom is -0.355 e. The van der Waals surface area contributed by atoms with Crippen LogP contribution in [0.25, 0.3) is 0 Å². The molecule has 0 aliphatic heterocycles. The zero-order valence-corrected chi connectivity index (χ0v) is 21.8. The first-order valence-electron chi connectivity index (χ1n) is 12.1. The second kappa shape index (κ2) is 11.3. The van der Waals surface area contributed by atoms with Gasteiger partial charge in [-0.05, 0) is 63.5 Å². The summed E-state index contributed by atoms with van der Waals surface area (Å²) < 4.78 is 43.8. The highest BCUT2D eigenvalue weighted by atomic mass is 35.5. The topological polar surface area (TPSA) is 62.3 Å². The number of halogens is 4. The van der Waals surface area contributed by atoms with Gasteiger partial charge in [0.25, 0.3) is 5.92 Å². The van der Waals surface area contributed by atoms with Gasteiger partial charge in [-0.3, -0.25) is 14.6 Å². The molecule has 0 unspecified atom stereocenters. The fourth-order valence-corrected chi connectivity index (χ4v) is 5.02. The van der Waals surface area contributed by atoms with E-state index in [1.807, 2.05) is 19.0 Å². The van der Waals surface area contributed by atoms with Gasteiger partial charge >= 0.3 is 0 Å². The number of pyridine rings is 1. The molecular weight excluding hydrogens is 491 g/mol. The number of hydrogen-bond acceptors (Lipinski definition) is 4. The standard InChI is InChI=1S/C27H33ClF3N3O2/c1-5-22(35)20-9-8-17(24(28)25(20)29)13-19(34(3)4)16-33-23(36)14-21(18-7-6-12-32-15-18)27(10-11-27)26(2,30)31/h6-9,12,15,19,21H,5,10-11,13-14,16H2,1-4H3,(H,33,36)/t19-,21+/m0/s1. The molecule has 1 aliphatic rings. The molecule has 36 heavy (non-hydrogen) atoms. The average Bonchev–Trinajstić information content (AvgIpc) is 3.65. The second-order valence-corrected chi connectivity index (χ2v) is 10.3. The smallest absolute Gasteiger partial charge is 0.251 e. The fraction of sp³-hybridized carbons (Fsp3) is 0.519. The van der Waals surface area contributed by atoms with Gasteiger partial charge in [-0.15, -0.1) is 0 Å². The number of amides is 1. The van der Waals surface area contributed by atoms with Crippen molar-refractivity contribution in [3.8, 4) is 0 Å². The Morgan fingerprint density at radius 3 is 2.47 bits per heavy atom. The molecule has 1 aromatic heterocycles. The molecule has 0 spiro atoms. The molecule has 1 aromatic carbocycles. The number of alkyl halides is 2. The molecule has 2 aromatic rings. The Kier molecular flexibility index (Phi) is 8.83. The molecule has 1 fully saturated rings. The molecule has 9 heteroatoms. The van der Waals surface area contributed by atoms with E-state index in [1.54, 1.807) is 37.5 Å². The van der Waals surface area contributed by atoms with Crippen LogP contribution in [0.3, 0.4) is 0 Å². The third-order valence-electron chi connectivity index (χ3n) is 7.31. The Morgan fingerprint density at radius 1 is 1.25 bits per heavy atom. The van der Waals surface area contributed by atoms with Crippen LogP contribution in [0.2, 0.25) is 5.02 Å². The summed E-state index contributed by atoms with van der Waals surface area (Å²) in [6, 6.07) is 6.26. The SMILES string of the molecule is CCC(=O)c1ccc(C[C@@H](CNC(=O)C[C@H](c2cccnc2)C2(C(C)(F)F)CC2)N(C)C)c(Cl)c1F. The summed E-state index contributed by atoms with van der Waals surface area (Å²) in [5.41, 5.74) is -0.147. The van der Waals surface area contributed by atoms with Crippen molar-refractivity contribution < 1.29 is 22.8 Å². The number of ketones is 1. The molecule has 0 saturated heterocycles. The van der Waals surface area contributed by atoms with Gasteiger partial charge in [0.05, 0.1) is 10.6 Å². The van der Waals surface area contributed by atoms with Crippen molar-refractivity contribution in [2.45, 2.75) is 63.8 Å². The number of likely N-dealkylation sites (N-methyl/N-ethyl adjacent to an activating group) is 1. The predicted octanol–water partition coefficient (Wildman–Crippen LogP) is 5.67. The van der Waals surface area contributed by atoms with Crippen molar-refractivity contribution in [3.05, 3.63) is 64.2 Å². The lowest BCUT2D eigenvalue weighted by Crippen LogP contribution is -2.43. The van der Waals surface area contributed by atoms with Crippen molar-refractivity contribution in [2.75, 3.05) is 20.6 Å². The third-order valence-corrected chi connectivity index (χ3v) is 7.72. The van der Waals surface area contributed by atoms with E-state index in [1.165, 1.54) is 6.07 Å². The van der Waals surface area contributed by atoms with E-state index in [0.29, 0.717) is 30.4 Å². The van der Waals surface area contributed by atoms with Gasteiger partial charge in [0, 0.05) is 49.2 Å². The second-order valence-electron chi connectivity index (χ2n) is 9.89. The Hall–Kier alpha value is -2.45. The number of rotatable bonds is 12. The Labute approximate surface area is 215 Å². The zero-order valence-electron chi connectivity index (χ0n) is 21.1. The molecule has 1 heterocycles. The van der Waals surface area contributed by atoms with E-state index < -0.39 is 23.1 Å². The maximum atomic E-state index is 14.7. The number of benzene rings is 1. The lowest BCUT2D eigenvalue weighted by atomic mass is 9.77. The molecule has 5 nitrogen and oxygen atoms in total. The Balaban J connectivity index is 1.71. The number of aromatic nitrogens is 1. The number of Topliss-reactive ketones (excluding diaryl/α,β-unsaturated/α-hetero) is 1. The van der Waals surface area contributed by atoms with Crippen molar-refractivity contribution in [2.24, 2.45) is 5.41 Å². The van der Waals surface area contributed by atoms with Gasteiger partial charge in [0.2, 0.25) is 5.91 Å². The Bertz CT molecular complexity index is 1090. The first-order chi connectivity index (χ1) is 16.9. The number of carbonyl (C=O) groups is 2. The fourth-order valence-electron chi connectivity index (χ4n) is 4.78. The maximum Gasteiger partial charge on any atom is 0.251 e. The van der Waals surface area contributed by atoms with Crippen molar-refractivity contribution in [1.82, 2.24) is 15.2 Å². The molecule has 1 N–H and O–H groups in total. The van der Waals surface area contributed by atoms with Crippen LogP contribution in [0.5, 0.6) is 0 Å². The molecule has 1 aliphatic carbocycles. The minimum absolute atomic E-state index is 0.0378. The zero-order chi connectivity index (χ0) is 26.7. The highest BCUT2D eigenvalue weighted by Crippen LogP contribution is 2.65. The highest BCUT2D eigenvalue weighted by Gasteiger charge is 2.63. The lowest BCUT2D eigenvalue weighted by Gasteiger charge is -2.32. The van der Waals surface area contributed by atoms with Crippen LogP contribution >= 0.6 is 11.6 Å². The quantitative estimate of drug-likeness (QED) is 0.364. The van der Waals surface area contributed by atoms with Gasteiger partial charge in [-0.25, -0.2) is 13.2 Å². The monoisotopic (exact) mass is 523 g/mol. The van der Waals surface area contributed by atoms with E-state index in [2.05, 4.69) is 10.3 Å². The minimum atomic E-state index is -2.92. The number of nitrogens with one attached hydrogen (secondary N) is 1. The van der Waals surface area contributed by atoms with Crippen LogP contribution in [0.4, 0.5) is 13.2 Å². The van der Waals surface area contributed by atoms with Crippen LogP contribution in [0, 0.1) is 11.2 Å². The van der Waals surface area contributed by atoms with Gasteiger partial charge in [-0.1, -0.05) is 30.7 Å². The molecule has 0 bridgehead atoms.